The van der Waals surface area contributed by atoms with Crippen LogP contribution in [0.5, 0.6) is 0 Å². The molecule has 0 spiro atoms. The molecule has 2 heterocycles. The summed E-state index contributed by atoms with van der Waals surface area (Å²) in [6.07, 6.45) is 6.38. The van der Waals surface area contributed by atoms with Gasteiger partial charge in [-0.1, -0.05) is 25.7 Å². The highest BCUT2D eigenvalue weighted by Gasteiger charge is 2.44. The van der Waals surface area contributed by atoms with Crippen LogP contribution >= 0.6 is 0 Å². The van der Waals surface area contributed by atoms with Crippen LogP contribution in [0.15, 0.2) is 4.99 Å². The molecule has 2 aliphatic rings. The topological polar surface area (TPSA) is 302 Å². The highest BCUT2D eigenvalue weighted by molar-refractivity contribution is 5.96. The smallest absolute Gasteiger partial charge is 0.326 e. The number of carbonyl (C=O) groups excluding carboxylic acids is 5. The molecule has 2 aliphatic heterocycles. The number of carbonyl (C=O) groups is 6. The molecule has 2 rings (SSSR count). The van der Waals surface area contributed by atoms with Gasteiger partial charge >= 0.3 is 5.97 Å². The van der Waals surface area contributed by atoms with Gasteiger partial charge in [-0.15, -0.1) is 0 Å². The number of nitrogens with one attached hydrogen (secondary N) is 3. The van der Waals surface area contributed by atoms with Crippen molar-refractivity contribution >= 4 is 41.5 Å². The lowest BCUT2D eigenvalue weighted by Crippen LogP contribution is -2.59. The Bertz CT molecular complexity index is 1210. The zero-order chi connectivity index (χ0) is 38.6. The summed E-state index contributed by atoms with van der Waals surface area (Å²) in [6, 6.07) is -5.32. The van der Waals surface area contributed by atoms with Gasteiger partial charge in [0.2, 0.25) is 29.5 Å². The third-order valence-electron chi connectivity index (χ3n) is 9.47. The third kappa shape index (κ3) is 14.5. The highest BCUT2D eigenvalue weighted by Crippen LogP contribution is 2.26. The van der Waals surface area contributed by atoms with Crippen LogP contribution < -0.4 is 38.9 Å². The number of unbranched alkanes of at least 4 members (excludes halogenated alkanes) is 5. The number of rotatable bonds is 24. The zero-order valence-corrected chi connectivity index (χ0v) is 30.6. The first kappa shape index (κ1) is 44.1. The molecule has 0 bridgehead atoms. The first-order chi connectivity index (χ1) is 24.8. The van der Waals surface area contributed by atoms with Crippen molar-refractivity contribution < 1.29 is 39.0 Å². The molecule has 5 unspecified atom stereocenters. The molecule has 5 amide bonds. The van der Waals surface area contributed by atoms with Crippen LogP contribution in [0.4, 0.5) is 0 Å². The zero-order valence-electron chi connectivity index (χ0n) is 30.6. The molecule has 0 aromatic heterocycles. The summed E-state index contributed by atoms with van der Waals surface area (Å²) in [6.45, 7) is 3.14. The van der Waals surface area contributed by atoms with Crippen molar-refractivity contribution in [1.82, 2.24) is 25.8 Å². The van der Waals surface area contributed by atoms with Crippen molar-refractivity contribution in [3.8, 4) is 0 Å². The summed E-state index contributed by atoms with van der Waals surface area (Å²) < 4.78 is 0. The maximum absolute atomic E-state index is 14.1. The minimum Gasteiger partial charge on any atom is -0.480 e. The Kier molecular flexibility index (Phi) is 20.0. The summed E-state index contributed by atoms with van der Waals surface area (Å²) >= 11 is 0. The van der Waals surface area contributed by atoms with E-state index >= 15 is 0 Å². The SMILES string of the molecule is CC(O)C(NC(=O)CCCCCN)C(=O)NC(CCCCCCN)C(=O)N1CCCC1C(=O)N1CCCC1C(=O)N[C@H](CCCN=C(N)N)C(=O)O. The second kappa shape index (κ2) is 23.5. The molecule has 18 nitrogen and oxygen atoms in total. The Morgan fingerprint density at radius 3 is 1.98 bits per heavy atom. The van der Waals surface area contributed by atoms with Gasteiger partial charge < -0.3 is 58.9 Å². The molecule has 2 fully saturated rings. The third-order valence-corrected chi connectivity index (χ3v) is 9.47. The Balaban J connectivity index is 2.18. The monoisotopic (exact) mass is 738 g/mol. The van der Waals surface area contributed by atoms with Crippen LogP contribution in [0.1, 0.15) is 103 Å². The largest absolute Gasteiger partial charge is 0.480 e. The summed E-state index contributed by atoms with van der Waals surface area (Å²) in [5.74, 6) is -3.94. The normalized spacial score (nSPS) is 19.3. The van der Waals surface area contributed by atoms with Gasteiger partial charge in [0.15, 0.2) is 5.96 Å². The fraction of sp³-hybridized carbons (Fsp3) is 0.794. The number of carboxylic acids is 1. The number of carboxylic acid groups (broad SMARTS) is 1. The molecule has 0 saturated carbocycles. The Hall–Kier alpha value is -4.03. The molecule has 0 radical (unpaired) electrons. The van der Waals surface area contributed by atoms with E-state index in [1.54, 1.807) is 0 Å². The summed E-state index contributed by atoms with van der Waals surface area (Å²) in [5.41, 5.74) is 21.8. The predicted octanol–water partition coefficient (Wildman–Crippen LogP) is -1.63. The minimum absolute atomic E-state index is 0.0805. The van der Waals surface area contributed by atoms with Crippen LogP contribution in [0.25, 0.3) is 0 Å². The predicted molar refractivity (Wildman–Crippen MR) is 194 cm³/mol. The first-order valence-corrected chi connectivity index (χ1v) is 18.7. The average Bonchev–Trinajstić information content (AvgIpc) is 3.80. The second-order valence-electron chi connectivity index (χ2n) is 13.7. The lowest BCUT2D eigenvalue weighted by Gasteiger charge is -2.33. The van der Waals surface area contributed by atoms with E-state index in [1.165, 1.54) is 16.7 Å². The average molecular weight is 739 g/mol. The number of guanidine groups is 1. The molecule has 296 valence electrons. The number of hydrogen-bond donors (Lipinski definition) is 9. The summed E-state index contributed by atoms with van der Waals surface area (Å²) in [5, 5.41) is 28.0. The fourth-order valence-corrected chi connectivity index (χ4v) is 6.63. The number of nitrogens with zero attached hydrogens (tertiary/aromatic N) is 3. The molecular formula is C34H62N10O8. The lowest BCUT2D eigenvalue weighted by molar-refractivity contribution is -0.149. The Labute approximate surface area is 306 Å². The van der Waals surface area contributed by atoms with Crippen LogP contribution in [-0.2, 0) is 28.8 Å². The van der Waals surface area contributed by atoms with Crippen molar-refractivity contribution in [1.29, 1.82) is 0 Å². The molecule has 6 atom stereocenters. The van der Waals surface area contributed by atoms with E-state index in [-0.39, 0.29) is 44.9 Å². The van der Waals surface area contributed by atoms with E-state index in [0.29, 0.717) is 58.0 Å². The van der Waals surface area contributed by atoms with Gasteiger partial charge in [0, 0.05) is 26.1 Å². The van der Waals surface area contributed by atoms with E-state index in [2.05, 4.69) is 20.9 Å². The molecule has 0 aromatic carbocycles. The molecular weight excluding hydrogens is 676 g/mol. The van der Waals surface area contributed by atoms with Gasteiger partial charge in [-0.25, -0.2) is 4.79 Å². The van der Waals surface area contributed by atoms with Crippen LogP contribution in [-0.4, -0.2) is 131 Å². The number of aliphatic hydroxyl groups is 1. The van der Waals surface area contributed by atoms with E-state index in [0.717, 1.165) is 32.1 Å². The number of nitrogens with two attached hydrogens (primary N) is 4. The number of amides is 5. The molecule has 18 heteroatoms. The second-order valence-corrected chi connectivity index (χ2v) is 13.7. The van der Waals surface area contributed by atoms with E-state index in [1.807, 2.05) is 0 Å². The first-order valence-electron chi connectivity index (χ1n) is 18.7. The number of aliphatic hydroxyl groups excluding tert-OH is 1. The quantitative estimate of drug-likeness (QED) is 0.0306. The molecule has 0 aromatic rings. The lowest BCUT2D eigenvalue weighted by atomic mass is 10.0. The Morgan fingerprint density at radius 1 is 0.769 bits per heavy atom. The Morgan fingerprint density at radius 2 is 1.37 bits per heavy atom. The van der Waals surface area contributed by atoms with Crippen LogP contribution in [0.3, 0.4) is 0 Å². The van der Waals surface area contributed by atoms with Crippen LogP contribution in [0.2, 0.25) is 0 Å². The number of aliphatic imine (C=N–C) groups is 1. The molecule has 13 N–H and O–H groups in total. The van der Waals surface area contributed by atoms with E-state index < -0.39 is 71.8 Å². The van der Waals surface area contributed by atoms with Crippen molar-refractivity contribution in [3.05, 3.63) is 0 Å². The number of hydrogen-bond acceptors (Lipinski definition) is 10. The van der Waals surface area contributed by atoms with Gasteiger partial charge in [-0.3, -0.25) is 29.0 Å². The maximum atomic E-state index is 14.1. The molecule has 52 heavy (non-hydrogen) atoms. The van der Waals surface area contributed by atoms with Gasteiger partial charge in [-0.05, 0) is 84.2 Å². The number of likely N-dealkylation sites (tertiary alicyclic amines) is 2. The summed E-state index contributed by atoms with van der Waals surface area (Å²) in [4.78, 5) is 86.1. The fourth-order valence-electron chi connectivity index (χ4n) is 6.63. The maximum Gasteiger partial charge on any atom is 0.326 e. The van der Waals surface area contributed by atoms with Crippen molar-refractivity contribution in [2.75, 3.05) is 32.7 Å². The van der Waals surface area contributed by atoms with Gasteiger partial charge in [-0.2, -0.15) is 0 Å². The highest BCUT2D eigenvalue weighted by atomic mass is 16.4. The van der Waals surface area contributed by atoms with Gasteiger partial charge in [0.05, 0.1) is 6.10 Å². The van der Waals surface area contributed by atoms with E-state index in [9.17, 15) is 39.0 Å². The summed E-state index contributed by atoms with van der Waals surface area (Å²) in [7, 11) is 0. The van der Waals surface area contributed by atoms with Gasteiger partial charge in [0.25, 0.3) is 0 Å². The van der Waals surface area contributed by atoms with Crippen molar-refractivity contribution in [2.45, 2.75) is 140 Å². The van der Waals surface area contributed by atoms with Gasteiger partial charge in [0.1, 0.15) is 30.2 Å². The number of aliphatic carboxylic acids is 1. The molecule has 0 aliphatic carbocycles. The van der Waals surface area contributed by atoms with Crippen molar-refractivity contribution in [2.24, 2.45) is 27.9 Å². The van der Waals surface area contributed by atoms with E-state index in [4.69, 9.17) is 22.9 Å². The minimum atomic E-state index is -1.30. The van der Waals surface area contributed by atoms with Crippen LogP contribution in [0, 0.1) is 0 Å². The molecule has 2 saturated heterocycles. The van der Waals surface area contributed by atoms with Crippen molar-refractivity contribution in [3.63, 3.8) is 0 Å². The standard InChI is InChI=1S/C34H62N10O8/c1-22(45)28(42-27(46)16-6-4-8-18-36)30(48)40-23(12-5-2-3-7-17-35)31(49)44-21-11-15-26(44)32(50)43-20-10-14-25(43)29(47)41-24(33(51)52)13-9-19-39-34(37)38/h22-26,28,45H,2-21,35-36H2,1H3,(H,40,48)(H,41,47)(H,42,46)(H,51,52)(H4,37,38,39)/t22?,23?,24-,25?,26?,28?/m1/s1.